The van der Waals surface area contributed by atoms with Crippen LogP contribution in [-0.4, -0.2) is 114 Å². The summed E-state index contributed by atoms with van der Waals surface area (Å²) in [6, 6.07) is 9.15. The first-order valence-corrected chi connectivity index (χ1v) is 21.2. The number of hydrogen-bond donors (Lipinski definition) is 2. The zero-order valence-corrected chi connectivity index (χ0v) is 34.0. The van der Waals surface area contributed by atoms with Crippen LogP contribution in [0.4, 0.5) is 34.1 Å². The van der Waals surface area contributed by atoms with Gasteiger partial charge >= 0.3 is 24.3 Å². The van der Waals surface area contributed by atoms with Gasteiger partial charge in [0.2, 0.25) is 0 Å². The van der Waals surface area contributed by atoms with Gasteiger partial charge in [-0.2, -0.15) is 13.2 Å². The molecule has 4 heterocycles. The Kier molecular flexibility index (Phi) is 14.7. The van der Waals surface area contributed by atoms with E-state index in [-0.39, 0.29) is 60.2 Å². The predicted octanol–water partition coefficient (Wildman–Crippen LogP) is 7.51. The highest BCUT2D eigenvalue weighted by Crippen LogP contribution is 2.38. The smallest absolute Gasteiger partial charge is 0.418 e. The maximum absolute atomic E-state index is 14.2. The van der Waals surface area contributed by atoms with Crippen molar-refractivity contribution in [3.63, 3.8) is 0 Å². The molecule has 0 aliphatic carbocycles. The summed E-state index contributed by atoms with van der Waals surface area (Å²) in [4.78, 5) is 61.4. The molecular weight excluding hydrogens is 777 g/mol. The van der Waals surface area contributed by atoms with E-state index in [0.29, 0.717) is 64.8 Å². The number of nitrogen functional groups attached to an aromatic ring is 1. The minimum atomic E-state index is -4.80. The number of unbranched alkanes of at least 4 members (excludes halogenated alkanes) is 3. The second-order valence-corrected chi connectivity index (χ2v) is 16.3. The third-order valence-electron chi connectivity index (χ3n) is 12.0. The summed E-state index contributed by atoms with van der Waals surface area (Å²) in [5.41, 5.74) is 5.81. The summed E-state index contributed by atoms with van der Waals surface area (Å²) in [5.74, 6) is -0.725. The Morgan fingerprint density at radius 2 is 1.62 bits per heavy atom. The van der Waals surface area contributed by atoms with Crippen LogP contribution in [0.5, 0.6) is 0 Å². The van der Waals surface area contributed by atoms with Gasteiger partial charge in [-0.1, -0.05) is 62.4 Å². The molecule has 2 aromatic carbocycles. The van der Waals surface area contributed by atoms with Crippen LogP contribution in [0, 0.1) is 0 Å². The van der Waals surface area contributed by atoms with Crippen molar-refractivity contribution in [1.29, 1.82) is 0 Å². The number of piperidine rings is 3. The van der Waals surface area contributed by atoms with Crippen molar-refractivity contribution in [1.82, 2.24) is 19.6 Å². The standard InChI is InChI=1S/C42H56ClF3N6O6/c1-2-3-4-9-24-57-39(54)35-12-7-8-18-51(35)30-14-19-49(20-15-30)38(53)36(27-28-25-32(42(44,45)46)37(47)33(43)26-28)58-41(56)50-21-16-31(17-22-50)52-23-13-29-10-5-6-11-34(29)48-40(52)55/h5-6,10-11,25-26,30-31,35-36H,2-4,7-9,12-24,27,47H2,1H3,(H,48,55)/t35-,36-/m1/s1. The number of nitrogens with two attached hydrogens (primary N) is 1. The highest BCUT2D eigenvalue weighted by atomic mass is 35.5. The SMILES string of the molecule is CCCCCCOC(=O)[C@H]1CCCCN1C1CCN(C(=O)[C@@H](Cc2cc(Cl)c(N)c(C(F)(F)F)c2)OC(=O)N2CCC(N3CCc4ccccc4NC3=O)CC2)CC1. The lowest BCUT2D eigenvalue weighted by atomic mass is 9.94. The molecule has 3 fully saturated rings. The monoisotopic (exact) mass is 832 g/mol. The Labute approximate surface area is 343 Å². The van der Waals surface area contributed by atoms with Crippen LogP contribution >= 0.6 is 11.6 Å². The fraction of sp³-hybridized carbons (Fsp3) is 0.619. The van der Waals surface area contributed by atoms with Crippen molar-refractivity contribution in [2.24, 2.45) is 0 Å². The largest absolute Gasteiger partial charge is 0.465 e. The topological polar surface area (TPSA) is 138 Å². The van der Waals surface area contributed by atoms with Crippen LogP contribution in [0.1, 0.15) is 94.2 Å². The molecule has 0 unspecified atom stereocenters. The van der Waals surface area contributed by atoms with E-state index in [1.165, 1.54) is 11.0 Å². The molecule has 3 N–H and O–H groups in total. The van der Waals surface area contributed by atoms with Gasteiger partial charge in [-0.15, -0.1) is 0 Å². The van der Waals surface area contributed by atoms with E-state index in [1.54, 1.807) is 9.80 Å². The van der Waals surface area contributed by atoms with E-state index >= 15 is 0 Å². The molecular formula is C42H56ClF3N6O6. The second kappa shape index (κ2) is 19.7. The van der Waals surface area contributed by atoms with Crippen molar-refractivity contribution in [3.05, 3.63) is 58.1 Å². The van der Waals surface area contributed by atoms with Gasteiger partial charge in [-0.3, -0.25) is 14.5 Å². The normalized spacial score (nSPS) is 20.5. The number of likely N-dealkylation sites (tertiary alicyclic amines) is 3. The van der Waals surface area contributed by atoms with Crippen molar-refractivity contribution in [3.8, 4) is 0 Å². The van der Waals surface area contributed by atoms with Gasteiger partial charge in [0, 0.05) is 56.9 Å². The molecule has 0 bridgehead atoms. The summed E-state index contributed by atoms with van der Waals surface area (Å²) >= 11 is 6.15. The first kappa shape index (κ1) is 43.3. The molecule has 3 saturated heterocycles. The predicted molar refractivity (Wildman–Crippen MR) is 214 cm³/mol. The Balaban J connectivity index is 1.10. The van der Waals surface area contributed by atoms with Crippen LogP contribution in [0.15, 0.2) is 36.4 Å². The number of para-hydroxylation sites is 1. The molecule has 16 heteroatoms. The summed E-state index contributed by atoms with van der Waals surface area (Å²) in [6.07, 6.45) is 2.10. The van der Waals surface area contributed by atoms with Crippen LogP contribution in [0.25, 0.3) is 0 Å². The number of rotatable bonds is 12. The Hall–Kier alpha value is -4.24. The van der Waals surface area contributed by atoms with Gasteiger partial charge in [0.15, 0.2) is 6.10 Å². The van der Waals surface area contributed by atoms with Crippen LogP contribution in [0.3, 0.4) is 0 Å². The van der Waals surface area contributed by atoms with Gasteiger partial charge in [0.25, 0.3) is 5.91 Å². The third kappa shape index (κ3) is 10.7. The first-order valence-electron chi connectivity index (χ1n) is 20.8. The number of carbonyl (C=O) groups excluding carboxylic acids is 4. The fourth-order valence-electron chi connectivity index (χ4n) is 8.78. The van der Waals surface area contributed by atoms with Crippen molar-refractivity contribution in [2.75, 3.05) is 56.9 Å². The van der Waals surface area contributed by atoms with Crippen molar-refractivity contribution in [2.45, 2.75) is 121 Å². The van der Waals surface area contributed by atoms with Gasteiger partial charge < -0.3 is 35.2 Å². The highest BCUT2D eigenvalue weighted by molar-refractivity contribution is 6.33. The number of esters is 1. The summed E-state index contributed by atoms with van der Waals surface area (Å²) in [5, 5.41) is 2.67. The maximum atomic E-state index is 14.2. The lowest BCUT2D eigenvalue weighted by molar-refractivity contribution is -0.154. The van der Waals surface area contributed by atoms with Crippen molar-refractivity contribution < 1.29 is 41.8 Å². The Bertz CT molecular complexity index is 1770. The van der Waals surface area contributed by atoms with E-state index in [0.717, 1.165) is 62.4 Å². The van der Waals surface area contributed by atoms with Crippen molar-refractivity contribution >= 4 is 47.0 Å². The van der Waals surface area contributed by atoms with E-state index in [1.807, 2.05) is 24.3 Å². The lowest BCUT2D eigenvalue weighted by Gasteiger charge is -2.44. The number of carbonyl (C=O) groups is 4. The number of alkyl halides is 3. The number of nitrogens with zero attached hydrogens (tertiary/aromatic N) is 4. The summed E-state index contributed by atoms with van der Waals surface area (Å²) < 4.78 is 53.4. The quantitative estimate of drug-likeness (QED) is 0.127. The number of benzene rings is 2. The van der Waals surface area contributed by atoms with Gasteiger partial charge in [0.05, 0.1) is 22.9 Å². The number of hydrogen-bond acceptors (Lipinski definition) is 8. The maximum Gasteiger partial charge on any atom is 0.418 e. The van der Waals surface area contributed by atoms with Crippen LogP contribution in [0.2, 0.25) is 5.02 Å². The molecule has 0 saturated carbocycles. The molecule has 0 spiro atoms. The number of amides is 4. The number of halogens is 4. The fourth-order valence-corrected chi connectivity index (χ4v) is 9.02. The van der Waals surface area contributed by atoms with E-state index in [9.17, 15) is 32.3 Å². The minimum absolute atomic E-state index is 0.0370. The molecule has 4 aliphatic heterocycles. The zero-order chi connectivity index (χ0) is 41.4. The van der Waals surface area contributed by atoms with E-state index < -0.39 is 35.5 Å². The Morgan fingerprint density at radius 3 is 2.34 bits per heavy atom. The Morgan fingerprint density at radius 1 is 0.914 bits per heavy atom. The zero-order valence-electron chi connectivity index (χ0n) is 33.2. The second-order valence-electron chi connectivity index (χ2n) is 15.9. The number of urea groups is 1. The molecule has 58 heavy (non-hydrogen) atoms. The average molecular weight is 833 g/mol. The molecule has 2 aromatic rings. The average Bonchev–Trinajstić information content (AvgIpc) is 3.39. The van der Waals surface area contributed by atoms with Crippen LogP contribution in [-0.2, 0) is 38.1 Å². The van der Waals surface area contributed by atoms with Gasteiger partial charge in [-0.25, -0.2) is 9.59 Å². The van der Waals surface area contributed by atoms with Gasteiger partial charge in [-0.05, 0) is 87.2 Å². The molecule has 6 rings (SSSR count). The number of fused-ring (bicyclic) bond motifs is 1. The molecule has 0 radical (unpaired) electrons. The number of nitrogens with one attached hydrogen (secondary N) is 1. The van der Waals surface area contributed by atoms with Crippen LogP contribution < -0.4 is 11.1 Å². The van der Waals surface area contributed by atoms with E-state index in [4.69, 9.17) is 26.8 Å². The molecule has 12 nitrogen and oxygen atoms in total. The molecule has 0 aromatic heterocycles. The summed E-state index contributed by atoms with van der Waals surface area (Å²) in [7, 11) is 0. The lowest BCUT2D eigenvalue weighted by Crippen LogP contribution is -2.56. The molecule has 4 aliphatic rings. The number of ether oxygens (including phenoxy) is 2. The third-order valence-corrected chi connectivity index (χ3v) is 12.4. The highest BCUT2D eigenvalue weighted by Gasteiger charge is 2.40. The first-order chi connectivity index (χ1) is 27.8. The summed E-state index contributed by atoms with van der Waals surface area (Å²) in [6.45, 7) is 4.96. The minimum Gasteiger partial charge on any atom is -0.465 e. The van der Waals surface area contributed by atoms with E-state index in [2.05, 4.69) is 17.1 Å². The molecule has 4 amide bonds. The molecule has 2 atom stereocenters. The number of anilines is 2. The molecule has 318 valence electrons. The van der Waals surface area contributed by atoms with Gasteiger partial charge in [0.1, 0.15) is 6.04 Å².